The van der Waals surface area contributed by atoms with Gasteiger partial charge in [0, 0.05) is 17.1 Å². The van der Waals surface area contributed by atoms with E-state index < -0.39 is 0 Å². The summed E-state index contributed by atoms with van der Waals surface area (Å²) in [6.45, 7) is 0.821. The molecule has 4 heteroatoms. The average molecular weight is 300 g/mol. The molecule has 0 saturated heterocycles. The van der Waals surface area contributed by atoms with Gasteiger partial charge in [0.15, 0.2) is 0 Å². The molecule has 0 atom stereocenters. The third kappa shape index (κ3) is 3.06. The lowest BCUT2D eigenvalue weighted by atomic mass is 10.3. The Morgan fingerprint density at radius 2 is 2.19 bits per heavy atom. The second-order valence-corrected chi connectivity index (χ2v) is 5.27. The van der Waals surface area contributed by atoms with Gasteiger partial charge in [0.25, 0.3) is 0 Å². The fourth-order valence-electron chi connectivity index (χ4n) is 1.39. The van der Waals surface area contributed by atoms with E-state index in [-0.39, 0.29) is 5.82 Å². The summed E-state index contributed by atoms with van der Waals surface area (Å²) in [6, 6.07) is 9.22. The minimum Gasteiger partial charge on any atom is -0.385 e. The number of halogens is 2. The smallest absolute Gasteiger partial charge is 0.139 e. The van der Waals surface area contributed by atoms with Gasteiger partial charge in [0.05, 0.1) is 4.47 Å². The van der Waals surface area contributed by atoms with Crippen molar-refractivity contribution in [3.05, 3.63) is 50.9 Å². The molecule has 1 aromatic carbocycles. The molecule has 0 aliphatic heterocycles. The molecule has 0 unspecified atom stereocenters. The molecule has 0 bridgehead atoms. The lowest BCUT2D eigenvalue weighted by Crippen LogP contribution is -2.03. The van der Waals surface area contributed by atoms with Crippen LogP contribution < -0.4 is 5.32 Å². The Balaban J connectivity index is 1.87. The highest BCUT2D eigenvalue weighted by molar-refractivity contribution is 9.10. The standard InChI is InChI=1S/C12H11BrFNS/c13-11-4-3-9(8-12(11)14)15-6-5-10-2-1-7-16-10/h1-4,7-8,15H,5-6H2. The van der Waals surface area contributed by atoms with Crippen molar-refractivity contribution in [2.24, 2.45) is 0 Å². The maximum atomic E-state index is 13.2. The van der Waals surface area contributed by atoms with Crippen molar-refractivity contribution in [1.29, 1.82) is 0 Å². The number of rotatable bonds is 4. The van der Waals surface area contributed by atoms with E-state index in [9.17, 15) is 4.39 Å². The molecule has 0 saturated carbocycles. The Hall–Kier alpha value is -0.870. The van der Waals surface area contributed by atoms with E-state index in [2.05, 4.69) is 32.7 Å². The molecule has 1 nitrogen and oxygen atoms in total. The van der Waals surface area contributed by atoms with Crippen LogP contribution >= 0.6 is 27.3 Å². The lowest BCUT2D eigenvalue weighted by Gasteiger charge is -2.05. The molecule has 0 amide bonds. The summed E-state index contributed by atoms with van der Waals surface area (Å²) in [4.78, 5) is 1.34. The number of thiophene rings is 1. The van der Waals surface area contributed by atoms with E-state index in [4.69, 9.17) is 0 Å². The van der Waals surface area contributed by atoms with Crippen LogP contribution in [0, 0.1) is 5.82 Å². The van der Waals surface area contributed by atoms with E-state index in [1.807, 2.05) is 12.1 Å². The molecule has 1 heterocycles. The summed E-state index contributed by atoms with van der Waals surface area (Å²) in [5.74, 6) is -0.235. The SMILES string of the molecule is Fc1cc(NCCc2cccs2)ccc1Br. The zero-order valence-electron chi connectivity index (χ0n) is 8.54. The van der Waals surface area contributed by atoms with Crippen LogP contribution in [0.15, 0.2) is 40.2 Å². The molecule has 2 aromatic rings. The molecule has 0 aliphatic rings. The Morgan fingerprint density at radius 3 is 2.88 bits per heavy atom. The zero-order chi connectivity index (χ0) is 11.4. The van der Waals surface area contributed by atoms with Crippen molar-refractivity contribution in [1.82, 2.24) is 0 Å². The number of benzene rings is 1. The highest BCUT2D eigenvalue weighted by atomic mass is 79.9. The van der Waals surface area contributed by atoms with Gasteiger partial charge in [-0.1, -0.05) is 6.07 Å². The van der Waals surface area contributed by atoms with Crippen LogP contribution in [0.2, 0.25) is 0 Å². The number of anilines is 1. The minimum absolute atomic E-state index is 0.235. The summed E-state index contributed by atoms with van der Waals surface area (Å²) in [5, 5.41) is 5.26. The topological polar surface area (TPSA) is 12.0 Å². The fraction of sp³-hybridized carbons (Fsp3) is 0.167. The summed E-state index contributed by atoms with van der Waals surface area (Å²) >= 11 is 4.87. The summed E-state index contributed by atoms with van der Waals surface area (Å²) in [7, 11) is 0. The minimum atomic E-state index is -0.235. The van der Waals surface area contributed by atoms with Crippen LogP contribution in [0.25, 0.3) is 0 Å². The first kappa shape index (κ1) is 11.6. The van der Waals surface area contributed by atoms with Crippen LogP contribution in [0.3, 0.4) is 0 Å². The van der Waals surface area contributed by atoms with E-state index in [0.29, 0.717) is 4.47 Å². The van der Waals surface area contributed by atoms with Gasteiger partial charge in [0.2, 0.25) is 0 Å². The average Bonchev–Trinajstić information content (AvgIpc) is 2.76. The van der Waals surface area contributed by atoms with Gasteiger partial charge in [-0.3, -0.25) is 0 Å². The molecule has 0 radical (unpaired) electrons. The normalized spacial score (nSPS) is 10.4. The Morgan fingerprint density at radius 1 is 1.31 bits per heavy atom. The number of nitrogens with one attached hydrogen (secondary N) is 1. The second-order valence-electron chi connectivity index (χ2n) is 3.39. The van der Waals surface area contributed by atoms with Gasteiger partial charge in [-0.25, -0.2) is 4.39 Å². The fourth-order valence-corrected chi connectivity index (χ4v) is 2.35. The van der Waals surface area contributed by atoms with Gasteiger partial charge < -0.3 is 5.32 Å². The quantitative estimate of drug-likeness (QED) is 0.887. The predicted octanol–water partition coefficient (Wildman–Crippen LogP) is 4.30. The Bertz CT molecular complexity index is 456. The van der Waals surface area contributed by atoms with Crippen LogP contribution in [-0.4, -0.2) is 6.54 Å². The van der Waals surface area contributed by atoms with Crippen molar-refractivity contribution in [3.63, 3.8) is 0 Å². The van der Waals surface area contributed by atoms with Gasteiger partial charge in [-0.15, -0.1) is 11.3 Å². The van der Waals surface area contributed by atoms with Gasteiger partial charge in [0.1, 0.15) is 5.82 Å². The van der Waals surface area contributed by atoms with Crippen LogP contribution in [-0.2, 0) is 6.42 Å². The predicted molar refractivity (Wildman–Crippen MR) is 70.6 cm³/mol. The molecular weight excluding hydrogens is 289 g/mol. The Kier molecular flexibility index (Phi) is 3.96. The van der Waals surface area contributed by atoms with Crippen molar-refractivity contribution in [2.45, 2.75) is 6.42 Å². The molecule has 1 N–H and O–H groups in total. The largest absolute Gasteiger partial charge is 0.385 e. The summed E-state index contributed by atoms with van der Waals surface area (Å²) < 4.78 is 13.7. The Labute approximate surface area is 106 Å². The van der Waals surface area contributed by atoms with Crippen LogP contribution in [0.1, 0.15) is 4.88 Å². The third-order valence-corrected chi connectivity index (χ3v) is 3.78. The van der Waals surface area contributed by atoms with Crippen molar-refractivity contribution >= 4 is 33.0 Å². The first-order valence-electron chi connectivity index (χ1n) is 4.97. The molecule has 2 rings (SSSR count). The van der Waals surface area contributed by atoms with Crippen LogP contribution in [0.4, 0.5) is 10.1 Å². The lowest BCUT2D eigenvalue weighted by molar-refractivity contribution is 0.621. The number of hydrogen-bond donors (Lipinski definition) is 1. The maximum Gasteiger partial charge on any atom is 0.139 e. The van der Waals surface area contributed by atoms with Gasteiger partial charge >= 0.3 is 0 Å². The molecule has 84 valence electrons. The highest BCUT2D eigenvalue weighted by Crippen LogP contribution is 2.19. The maximum absolute atomic E-state index is 13.2. The van der Waals surface area contributed by atoms with E-state index in [1.165, 1.54) is 10.9 Å². The number of hydrogen-bond acceptors (Lipinski definition) is 2. The van der Waals surface area contributed by atoms with E-state index >= 15 is 0 Å². The molecule has 1 aromatic heterocycles. The van der Waals surface area contributed by atoms with E-state index in [1.54, 1.807) is 17.4 Å². The van der Waals surface area contributed by atoms with E-state index in [0.717, 1.165) is 18.7 Å². The second kappa shape index (κ2) is 5.46. The molecular formula is C12H11BrFNS. The first-order valence-corrected chi connectivity index (χ1v) is 6.64. The zero-order valence-corrected chi connectivity index (χ0v) is 10.9. The van der Waals surface area contributed by atoms with Crippen LogP contribution in [0.5, 0.6) is 0 Å². The highest BCUT2D eigenvalue weighted by Gasteiger charge is 2.00. The van der Waals surface area contributed by atoms with Gasteiger partial charge in [-0.2, -0.15) is 0 Å². The van der Waals surface area contributed by atoms with Crippen molar-refractivity contribution < 1.29 is 4.39 Å². The molecule has 0 fully saturated rings. The third-order valence-electron chi connectivity index (χ3n) is 2.20. The first-order chi connectivity index (χ1) is 7.75. The summed E-state index contributed by atoms with van der Waals surface area (Å²) in [6.07, 6.45) is 0.968. The van der Waals surface area contributed by atoms with Crippen molar-refractivity contribution in [2.75, 3.05) is 11.9 Å². The molecule has 16 heavy (non-hydrogen) atoms. The monoisotopic (exact) mass is 299 g/mol. The molecule has 0 aliphatic carbocycles. The van der Waals surface area contributed by atoms with Gasteiger partial charge in [-0.05, 0) is 52.0 Å². The molecule has 0 spiro atoms. The van der Waals surface area contributed by atoms with Crippen molar-refractivity contribution in [3.8, 4) is 0 Å². The summed E-state index contributed by atoms with van der Waals surface area (Å²) in [5.41, 5.74) is 0.817.